The molecule has 0 aromatic heterocycles. The first kappa shape index (κ1) is 32.7. The van der Waals surface area contributed by atoms with Crippen molar-refractivity contribution in [2.45, 2.75) is 0 Å². The van der Waals surface area contributed by atoms with E-state index in [9.17, 15) is 19.2 Å². The Kier molecular flexibility index (Phi) is 11.8. The van der Waals surface area contributed by atoms with Crippen LogP contribution in [0.2, 0.25) is 0 Å². The molecule has 4 amide bonds. The Morgan fingerprint density at radius 2 is 0.870 bits per heavy atom. The number of hydrogen-bond acceptors (Lipinski definition) is 6. The Balaban J connectivity index is 1.43. The topological polar surface area (TPSA) is 135 Å². The van der Waals surface area contributed by atoms with E-state index in [4.69, 9.17) is 9.47 Å². The lowest BCUT2D eigenvalue weighted by atomic mass is 10.1. The average molecular weight is 619 g/mol. The maximum Gasteiger partial charge on any atom is 0.267 e. The molecule has 0 saturated heterocycles. The third kappa shape index (κ3) is 9.68. The van der Waals surface area contributed by atoms with E-state index in [1.54, 1.807) is 136 Å². The number of hydrogen-bond donors (Lipinski definition) is 4. The van der Waals surface area contributed by atoms with Gasteiger partial charge in [0, 0.05) is 24.2 Å². The zero-order valence-corrected chi connectivity index (χ0v) is 25.4. The lowest BCUT2D eigenvalue weighted by Gasteiger charge is -2.13. The van der Waals surface area contributed by atoms with Crippen LogP contribution in [0.3, 0.4) is 0 Å². The van der Waals surface area contributed by atoms with Gasteiger partial charge in [-0.25, -0.2) is 0 Å². The zero-order chi connectivity index (χ0) is 32.7. The van der Waals surface area contributed by atoms with Crippen LogP contribution in [0.25, 0.3) is 12.2 Å². The van der Waals surface area contributed by atoms with Crippen molar-refractivity contribution >= 4 is 35.8 Å². The second-order valence-corrected chi connectivity index (χ2v) is 9.81. The van der Waals surface area contributed by atoms with Crippen LogP contribution in [-0.4, -0.2) is 50.9 Å². The van der Waals surface area contributed by atoms with Crippen molar-refractivity contribution in [2.75, 3.05) is 27.3 Å². The van der Waals surface area contributed by atoms with Crippen molar-refractivity contribution in [1.82, 2.24) is 21.3 Å². The zero-order valence-electron chi connectivity index (χ0n) is 25.4. The Morgan fingerprint density at radius 1 is 0.522 bits per heavy atom. The summed E-state index contributed by atoms with van der Waals surface area (Å²) < 4.78 is 10.4. The lowest BCUT2D eigenvalue weighted by Crippen LogP contribution is -2.41. The van der Waals surface area contributed by atoms with Gasteiger partial charge in [-0.1, -0.05) is 60.7 Å². The summed E-state index contributed by atoms with van der Waals surface area (Å²) in [6.07, 6.45) is 3.09. The predicted molar refractivity (Wildman–Crippen MR) is 176 cm³/mol. The quantitative estimate of drug-likeness (QED) is 0.131. The molecule has 0 fully saturated rings. The first-order valence-electron chi connectivity index (χ1n) is 14.4. The van der Waals surface area contributed by atoms with E-state index in [1.807, 2.05) is 0 Å². The van der Waals surface area contributed by atoms with Crippen LogP contribution < -0.4 is 30.7 Å². The predicted octanol–water partition coefficient (Wildman–Crippen LogP) is 4.18. The lowest BCUT2D eigenvalue weighted by molar-refractivity contribution is -0.119. The maximum atomic E-state index is 13.2. The van der Waals surface area contributed by atoms with Crippen LogP contribution in [0.1, 0.15) is 31.8 Å². The number of carbonyl (C=O) groups is 4. The number of ether oxygens (including phenoxy) is 2. The molecular weight excluding hydrogens is 584 g/mol. The molecule has 4 N–H and O–H groups in total. The summed E-state index contributed by atoms with van der Waals surface area (Å²) in [5.74, 6) is -0.723. The normalized spacial score (nSPS) is 11.2. The minimum Gasteiger partial charge on any atom is -0.497 e. The monoisotopic (exact) mass is 618 g/mol. The van der Waals surface area contributed by atoms with Gasteiger partial charge in [0.15, 0.2) is 0 Å². The van der Waals surface area contributed by atoms with Gasteiger partial charge in [0.1, 0.15) is 22.9 Å². The molecule has 234 valence electrons. The summed E-state index contributed by atoms with van der Waals surface area (Å²) in [5.41, 5.74) is 2.13. The second-order valence-electron chi connectivity index (χ2n) is 9.81. The number of amides is 4. The second kappa shape index (κ2) is 16.6. The molecule has 0 aliphatic rings. The minimum absolute atomic E-state index is 0.0144. The highest BCUT2D eigenvalue weighted by Crippen LogP contribution is 2.15. The van der Waals surface area contributed by atoms with Gasteiger partial charge in [0.05, 0.1) is 14.2 Å². The summed E-state index contributed by atoms with van der Waals surface area (Å²) in [5, 5.41) is 10.8. The molecule has 0 saturated carbocycles. The number of carbonyl (C=O) groups excluding carboxylic acids is 4. The standard InChI is InChI=1S/C36H34N4O6/c1-45-29-17-13-25(14-18-29)23-31(39-33(41)27-9-5-3-6-10-27)35(43)37-21-22-38-36(44)32(24-26-15-19-30(46-2)20-16-26)40-34(42)28-11-7-4-8-12-28/h3-20,23-24H,21-22H2,1-2H3,(H,37,43)(H,38,44)(H,39,41)(H,40,42). The van der Waals surface area contributed by atoms with E-state index in [-0.39, 0.29) is 24.5 Å². The van der Waals surface area contributed by atoms with E-state index in [0.29, 0.717) is 33.8 Å². The maximum absolute atomic E-state index is 13.2. The highest BCUT2D eigenvalue weighted by atomic mass is 16.5. The smallest absolute Gasteiger partial charge is 0.267 e. The molecule has 0 aliphatic heterocycles. The molecule has 0 bridgehead atoms. The molecule has 4 aromatic carbocycles. The summed E-state index contributed by atoms with van der Waals surface area (Å²) in [6, 6.07) is 31.0. The number of rotatable bonds is 13. The van der Waals surface area contributed by atoms with Crippen molar-refractivity contribution in [3.8, 4) is 11.5 Å². The van der Waals surface area contributed by atoms with Crippen LogP contribution in [0.15, 0.2) is 121 Å². The fourth-order valence-electron chi connectivity index (χ4n) is 4.16. The summed E-state index contributed by atoms with van der Waals surface area (Å²) >= 11 is 0. The SMILES string of the molecule is COc1ccc(C=C(NC(=O)c2ccccc2)C(=O)NCCNC(=O)C(=Cc2ccc(OC)cc2)NC(=O)c2ccccc2)cc1. The molecule has 46 heavy (non-hydrogen) atoms. The molecule has 10 heteroatoms. The highest BCUT2D eigenvalue weighted by molar-refractivity contribution is 6.06. The molecule has 0 spiro atoms. The molecule has 10 nitrogen and oxygen atoms in total. The molecule has 0 atom stereocenters. The van der Waals surface area contributed by atoms with Crippen molar-refractivity contribution in [3.63, 3.8) is 0 Å². The van der Waals surface area contributed by atoms with Crippen molar-refractivity contribution < 1.29 is 28.7 Å². The average Bonchev–Trinajstić information content (AvgIpc) is 3.10. The summed E-state index contributed by atoms with van der Waals surface area (Å²) in [7, 11) is 3.11. The van der Waals surface area contributed by atoms with Crippen LogP contribution in [-0.2, 0) is 9.59 Å². The Hall–Kier alpha value is -6.16. The van der Waals surface area contributed by atoms with Gasteiger partial charge in [0.2, 0.25) is 0 Å². The minimum atomic E-state index is -0.555. The summed E-state index contributed by atoms with van der Waals surface area (Å²) in [4.78, 5) is 52.1. The molecule has 4 rings (SSSR count). The fraction of sp³-hybridized carbons (Fsp3) is 0.111. The molecule has 0 unspecified atom stereocenters. The van der Waals surface area contributed by atoms with Crippen molar-refractivity contribution in [3.05, 3.63) is 143 Å². The molecule has 4 aromatic rings. The number of benzene rings is 4. The van der Waals surface area contributed by atoms with Gasteiger partial charge in [-0.05, 0) is 71.8 Å². The first-order valence-corrected chi connectivity index (χ1v) is 14.4. The van der Waals surface area contributed by atoms with Crippen molar-refractivity contribution in [2.24, 2.45) is 0 Å². The van der Waals surface area contributed by atoms with Crippen LogP contribution in [0, 0.1) is 0 Å². The third-order valence-electron chi connectivity index (χ3n) is 6.61. The first-order chi connectivity index (χ1) is 22.4. The van der Waals surface area contributed by atoms with Gasteiger partial charge in [-0.3, -0.25) is 19.2 Å². The molecule has 0 radical (unpaired) electrons. The van der Waals surface area contributed by atoms with Gasteiger partial charge in [-0.2, -0.15) is 0 Å². The van der Waals surface area contributed by atoms with Crippen LogP contribution >= 0.6 is 0 Å². The Morgan fingerprint density at radius 3 is 1.20 bits per heavy atom. The van der Waals surface area contributed by atoms with Crippen molar-refractivity contribution in [1.29, 1.82) is 0 Å². The molecular formula is C36H34N4O6. The molecule has 0 heterocycles. The number of methoxy groups -OCH3 is 2. The number of nitrogens with one attached hydrogen (secondary N) is 4. The van der Waals surface area contributed by atoms with E-state index in [2.05, 4.69) is 21.3 Å². The molecule has 0 aliphatic carbocycles. The Labute approximate surface area is 267 Å². The summed E-state index contributed by atoms with van der Waals surface area (Å²) in [6.45, 7) is 0.0718. The van der Waals surface area contributed by atoms with Gasteiger partial charge < -0.3 is 30.7 Å². The van der Waals surface area contributed by atoms with Crippen LogP contribution in [0.5, 0.6) is 11.5 Å². The van der Waals surface area contributed by atoms with Gasteiger partial charge in [-0.15, -0.1) is 0 Å². The largest absolute Gasteiger partial charge is 0.497 e. The van der Waals surface area contributed by atoms with E-state index in [0.717, 1.165) is 0 Å². The Bertz CT molecular complexity index is 1570. The van der Waals surface area contributed by atoms with E-state index in [1.165, 1.54) is 0 Å². The third-order valence-corrected chi connectivity index (χ3v) is 6.61. The van der Waals surface area contributed by atoms with E-state index >= 15 is 0 Å². The van der Waals surface area contributed by atoms with Crippen LogP contribution in [0.4, 0.5) is 0 Å². The highest BCUT2D eigenvalue weighted by Gasteiger charge is 2.17. The van der Waals surface area contributed by atoms with E-state index < -0.39 is 23.6 Å². The van der Waals surface area contributed by atoms with Gasteiger partial charge >= 0.3 is 0 Å². The fourth-order valence-corrected chi connectivity index (χ4v) is 4.16. The van der Waals surface area contributed by atoms with Gasteiger partial charge in [0.25, 0.3) is 23.6 Å².